The summed E-state index contributed by atoms with van der Waals surface area (Å²) in [6.07, 6.45) is 1.06. The van der Waals surface area contributed by atoms with Crippen molar-refractivity contribution >= 4 is 67.4 Å². The van der Waals surface area contributed by atoms with Crippen LogP contribution in [0.3, 0.4) is 0 Å². The van der Waals surface area contributed by atoms with Crippen molar-refractivity contribution in [1.29, 1.82) is 0 Å². The van der Waals surface area contributed by atoms with E-state index in [0.29, 0.717) is 10.8 Å². The first kappa shape index (κ1) is 19.0. The number of thioether (sulfide) groups is 1. The normalized spacial score (nSPS) is 10.9. The van der Waals surface area contributed by atoms with E-state index in [1.807, 2.05) is 54.6 Å². The van der Waals surface area contributed by atoms with Gasteiger partial charge >= 0.3 is 0 Å². The summed E-state index contributed by atoms with van der Waals surface area (Å²) >= 11 is 9.17. The molecule has 4 rings (SSSR count). The summed E-state index contributed by atoms with van der Waals surface area (Å²) in [6.45, 7) is 2.15. The van der Waals surface area contributed by atoms with Gasteiger partial charge in [-0.05, 0) is 42.8 Å². The first-order valence-electron chi connectivity index (χ1n) is 8.87. The summed E-state index contributed by atoms with van der Waals surface area (Å²) in [6, 6.07) is 17.5. The highest BCUT2D eigenvalue weighted by Gasteiger charge is 2.14. The highest BCUT2D eigenvalue weighted by molar-refractivity contribution is 7.99. The molecule has 2 heterocycles. The number of rotatable bonds is 7. The lowest BCUT2D eigenvalue weighted by molar-refractivity contribution is 1.000. The van der Waals surface area contributed by atoms with Crippen LogP contribution in [0.5, 0.6) is 0 Å². The minimum absolute atomic E-state index is 0.695. The zero-order chi connectivity index (χ0) is 19.3. The van der Waals surface area contributed by atoms with E-state index in [-0.39, 0.29) is 0 Å². The molecule has 0 bridgehead atoms. The maximum atomic E-state index is 6.00. The van der Waals surface area contributed by atoms with Gasteiger partial charge in [0.05, 0.1) is 0 Å². The summed E-state index contributed by atoms with van der Waals surface area (Å²) in [5.41, 5.74) is 2.64. The molecule has 0 aliphatic rings. The molecule has 0 aliphatic carbocycles. The van der Waals surface area contributed by atoms with Crippen molar-refractivity contribution in [2.45, 2.75) is 18.5 Å². The minimum Gasteiger partial charge on any atom is -0.338 e. The van der Waals surface area contributed by atoms with Crippen LogP contribution >= 0.6 is 34.7 Å². The predicted octanol–water partition coefficient (Wildman–Crippen LogP) is 6.73. The average Bonchev–Trinajstić information content (AvgIpc) is 3.11. The van der Waals surface area contributed by atoms with E-state index in [1.165, 1.54) is 11.3 Å². The Morgan fingerprint density at radius 2 is 1.68 bits per heavy atom. The largest absolute Gasteiger partial charge is 0.338 e. The van der Waals surface area contributed by atoms with Crippen LogP contribution in [-0.4, -0.2) is 20.7 Å². The van der Waals surface area contributed by atoms with Crippen LogP contribution < -0.4 is 10.6 Å². The van der Waals surface area contributed by atoms with Gasteiger partial charge in [-0.3, -0.25) is 0 Å². The van der Waals surface area contributed by atoms with Crippen LogP contribution in [0.2, 0.25) is 5.02 Å². The minimum atomic E-state index is 0.695. The average molecular weight is 428 g/mol. The molecule has 0 spiro atoms. The van der Waals surface area contributed by atoms with Gasteiger partial charge in [0.25, 0.3) is 0 Å². The third-order valence-electron chi connectivity index (χ3n) is 3.81. The molecule has 2 aromatic carbocycles. The fraction of sp³-hybridized carbons (Fsp3) is 0.150. The molecular formula is C20H18ClN5S2. The Balaban J connectivity index is 1.70. The molecule has 0 atom stereocenters. The monoisotopic (exact) mass is 427 g/mol. The van der Waals surface area contributed by atoms with Gasteiger partial charge < -0.3 is 10.6 Å². The van der Waals surface area contributed by atoms with Crippen LogP contribution in [0.25, 0.3) is 10.3 Å². The standard InChI is InChI=1S/C20H18ClN5S2/c1-2-12-27-19-25-17(22-15-10-8-13(21)9-11-15)16-18(26-19)28-20(24-16)23-14-6-4-3-5-7-14/h3-11H,2,12H2,1H3,(H,23,24)(H,22,25,26). The van der Waals surface area contributed by atoms with Crippen molar-refractivity contribution in [2.24, 2.45) is 0 Å². The smallest absolute Gasteiger partial charge is 0.191 e. The highest BCUT2D eigenvalue weighted by Crippen LogP contribution is 2.33. The predicted molar refractivity (Wildman–Crippen MR) is 121 cm³/mol. The number of nitrogens with zero attached hydrogens (tertiary/aromatic N) is 3. The zero-order valence-electron chi connectivity index (χ0n) is 15.1. The fourth-order valence-electron chi connectivity index (χ4n) is 2.52. The van der Waals surface area contributed by atoms with Crippen molar-refractivity contribution in [3.05, 3.63) is 59.6 Å². The number of aromatic nitrogens is 3. The number of thiazole rings is 1. The quantitative estimate of drug-likeness (QED) is 0.252. The van der Waals surface area contributed by atoms with Crippen molar-refractivity contribution in [1.82, 2.24) is 15.0 Å². The third kappa shape index (κ3) is 4.55. The third-order valence-corrected chi connectivity index (χ3v) is 5.98. The molecule has 2 aromatic heterocycles. The molecule has 0 amide bonds. The van der Waals surface area contributed by atoms with Gasteiger partial charge in [-0.2, -0.15) is 0 Å². The van der Waals surface area contributed by atoms with Crippen molar-refractivity contribution in [3.63, 3.8) is 0 Å². The van der Waals surface area contributed by atoms with Crippen LogP contribution in [0.1, 0.15) is 13.3 Å². The fourth-order valence-corrected chi connectivity index (χ4v) is 4.26. The zero-order valence-corrected chi connectivity index (χ0v) is 17.5. The number of anilines is 4. The maximum Gasteiger partial charge on any atom is 0.191 e. The summed E-state index contributed by atoms with van der Waals surface area (Å²) in [4.78, 5) is 15.0. The number of para-hydroxylation sites is 1. The van der Waals surface area contributed by atoms with Gasteiger partial charge in [0.2, 0.25) is 0 Å². The molecule has 0 aliphatic heterocycles. The van der Waals surface area contributed by atoms with E-state index in [9.17, 15) is 0 Å². The topological polar surface area (TPSA) is 62.7 Å². The number of benzene rings is 2. The first-order chi connectivity index (χ1) is 13.7. The van der Waals surface area contributed by atoms with Gasteiger partial charge in [0.15, 0.2) is 20.9 Å². The molecule has 5 nitrogen and oxygen atoms in total. The summed E-state index contributed by atoms with van der Waals surface area (Å²) in [7, 11) is 0. The molecule has 0 radical (unpaired) electrons. The van der Waals surface area contributed by atoms with Crippen LogP contribution in [0.15, 0.2) is 59.8 Å². The second-order valence-electron chi connectivity index (χ2n) is 6.00. The van der Waals surface area contributed by atoms with Gasteiger partial charge in [-0.25, -0.2) is 15.0 Å². The first-order valence-corrected chi connectivity index (χ1v) is 11.1. The molecule has 0 saturated heterocycles. The lowest BCUT2D eigenvalue weighted by Crippen LogP contribution is -1.98. The van der Waals surface area contributed by atoms with Crippen molar-refractivity contribution in [2.75, 3.05) is 16.4 Å². The summed E-state index contributed by atoms with van der Waals surface area (Å²) in [5.74, 6) is 1.67. The molecular weight excluding hydrogens is 410 g/mol. The molecule has 0 saturated carbocycles. The second-order valence-corrected chi connectivity index (χ2v) is 8.47. The van der Waals surface area contributed by atoms with Crippen LogP contribution in [-0.2, 0) is 0 Å². The number of halogens is 1. The van der Waals surface area contributed by atoms with Crippen molar-refractivity contribution in [3.8, 4) is 0 Å². The van der Waals surface area contributed by atoms with Crippen LogP contribution in [0.4, 0.5) is 22.3 Å². The van der Waals surface area contributed by atoms with E-state index >= 15 is 0 Å². The van der Waals surface area contributed by atoms with Gasteiger partial charge in [0.1, 0.15) is 5.52 Å². The number of nitrogens with one attached hydrogen (secondary N) is 2. The number of hydrogen-bond acceptors (Lipinski definition) is 7. The Morgan fingerprint density at radius 3 is 2.43 bits per heavy atom. The molecule has 0 unspecified atom stereocenters. The summed E-state index contributed by atoms with van der Waals surface area (Å²) < 4.78 is 0. The molecule has 4 aromatic rings. The van der Waals surface area contributed by atoms with Gasteiger partial charge in [-0.15, -0.1) is 0 Å². The Hall–Kier alpha value is -2.35. The SMILES string of the molecule is CCCSc1nc(Nc2ccc(Cl)cc2)c2nc(Nc3ccccc3)sc2n1. The lowest BCUT2D eigenvalue weighted by atomic mass is 10.3. The van der Waals surface area contributed by atoms with E-state index < -0.39 is 0 Å². The molecule has 0 fully saturated rings. The lowest BCUT2D eigenvalue weighted by Gasteiger charge is -2.08. The Morgan fingerprint density at radius 1 is 0.929 bits per heavy atom. The highest BCUT2D eigenvalue weighted by atomic mass is 35.5. The van der Waals surface area contributed by atoms with E-state index in [1.54, 1.807) is 11.8 Å². The Bertz CT molecular complexity index is 1070. The van der Waals surface area contributed by atoms with E-state index in [2.05, 4.69) is 17.6 Å². The second kappa shape index (κ2) is 8.77. The number of fused-ring (bicyclic) bond motifs is 1. The molecule has 142 valence electrons. The Labute approximate surface area is 176 Å². The van der Waals surface area contributed by atoms with E-state index in [0.717, 1.165) is 44.2 Å². The molecule has 2 N–H and O–H groups in total. The molecule has 8 heteroatoms. The summed E-state index contributed by atoms with van der Waals surface area (Å²) in [5, 5.41) is 8.93. The van der Waals surface area contributed by atoms with Crippen molar-refractivity contribution < 1.29 is 0 Å². The maximum absolute atomic E-state index is 6.00. The van der Waals surface area contributed by atoms with Crippen LogP contribution in [0, 0.1) is 0 Å². The Kier molecular flexibility index (Phi) is 5.95. The van der Waals surface area contributed by atoms with E-state index in [4.69, 9.17) is 26.6 Å². The van der Waals surface area contributed by atoms with Gasteiger partial charge in [0, 0.05) is 22.2 Å². The molecule has 28 heavy (non-hydrogen) atoms. The number of hydrogen-bond donors (Lipinski definition) is 2. The van der Waals surface area contributed by atoms with Gasteiger partial charge in [-0.1, -0.05) is 59.8 Å².